The van der Waals surface area contributed by atoms with Gasteiger partial charge in [0.2, 0.25) is 0 Å². The molecule has 0 saturated heterocycles. The summed E-state index contributed by atoms with van der Waals surface area (Å²) in [5.41, 5.74) is -0.988. The monoisotopic (exact) mass is 734 g/mol. The number of alkyl halides is 6. The average Bonchev–Trinajstić information content (AvgIpc) is 3.40. The predicted octanol–water partition coefficient (Wildman–Crippen LogP) is 4.23. The van der Waals surface area contributed by atoms with Crippen LogP contribution in [0, 0.1) is 0 Å². The summed E-state index contributed by atoms with van der Waals surface area (Å²) in [7, 11) is 0. The van der Waals surface area contributed by atoms with E-state index in [4.69, 9.17) is 0 Å². The van der Waals surface area contributed by atoms with Gasteiger partial charge in [-0.3, -0.25) is 9.97 Å². The van der Waals surface area contributed by atoms with Crippen molar-refractivity contribution in [3.05, 3.63) is 72.3 Å². The molecule has 0 fully saturated rings. The quantitative estimate of drug-likeness (QED) is 0.288. The third-order valence-electron chi connectivity index (χ3n) is 3.51. The molecular weight excluding hydrogens is 722 g/mol. The van der Waals surface area contributed by atoms with Crippen LogP contribution in [0.15, 0.2) is 60.9 Å². The Balaban J connectivity index is 0.000000569. The van der Waals surface area contributed by atoms with E-state index in [0.29, 0.717) is 11.4 Å². The van der Waals surface area contributed by atoms with E-state index in [2.05, 4.69) is 30.4 Å². The van der Waals surface area contributed by atoms with Crippen LogP contribution in [-0.2, 0) is 65.7 Å². The normalized spacial score (nSPS) is 10.6. The van der Waals surface area contributed by atoms with E-state index < -0.39 is 23.7 Å². The molecule has 180 valence electrons. The topological polar surface area (TPSA) is 79.8 Å². The van der Waals surface area contributed by atoms with E-state index in [0.717, 1.165) is 12.1 Å². The molecule has 4 heterocycles. The van der Waals surface area contributed by atoms with Gasteiger partial charge in [-0.2, -0.15) is 26.3 Å². The smallest absolute Gasteiger partial charge is 0.573 e. The van der Waals surface area contributed by atoms with Crippen LogP contribution in [0.3, 0.4) is 0 Å². The molecule has 0 unspecified atom stereocenters. The zero-order chi connectivity index (χ0) is 21.8. The van der Waals surface area contributed by atoms with Crippen LogP contribution in [-0.4, -0.2) is 20.2 Å². The maximum atomic E-state index is 12.2. The first-order valence-electron chi connectivity index (χ1n) is 8.12. The first-order valence-corrected chi connectivity index (χ1v) is 8.12. The summed E-state index contributed by atoms with van der Waals surface area (Å²) < 4.78 is 73.2. The van der Waals surface area contributed by atoms with Gasteiger partial charge in [0, 0.05) is 57.3 Å². The van der Waals surface area contributed by atoms with Gasteiger partial charge < -0.3 is 20.4 Å². The van der Waals surface area contributed by atoms with Gasteiger partial charge in [-0.25, -0.2) is 0 Å². The number of aromatic nitrogens is 6. The van der Waals surface area contributed by atoms with Gasteiger partial charge in [-0.05, 0) is 36.4 Å². The molecular formula is C18H10Co2F6N6Os. The number of hydrogen-bond donors (Lipinski definition) is 0. The van der Waals surface area contributed by atoms with Crippen molar-refractivity contribution in [1.82, 2.24) is 30.4 Å². The summed E-state index contributed by atoms with van der Waals surface area (Å²) in [5.74, 6) is 0. The van der Waals surface area contributed by atoms with Crippen molar-refractivity contribution in [1.29, 1.82) is 0 Å². The number of halogens is 6. The standard InChI is InChI=1S/2C9H5F3N3.2Co.Os/c2*10-9(11,12)8-5-7(14-15-8)6-3-1-2-4-13-6;;;/h2*1-5H;;;/q2*-1;;;+2. The van der Waals surface area contributed by atoms with Crippen molar-refractivity contribution in [3.63, 3.8) is 0 Å². The SMILES string of the molecule is FC(F)(F)c1cc(-c2ccccn2)[n-]n1.FC(F)(F)c1cc(-c2ccccn2)[n-]n1.[Co].[Co].[Os+2]. The van der Waals surface area contributed by atoms with Crippen LogP contribution in [0.1, 0.15) is 11.4 Å². The summed E-state index contributed by atoms with van der Waals surface area (Å²) in [6.07, 6.45) is -5.95. The Labute approximate surface area is 216 Å². The van der Waals surface area contributed by atoms with Crippen LogP contribution >= 0.6 is 0 Å². The zero-order valence-electron chi connectivity index (χ0n) is 15.7. The second-order valence-electron chi connectivity index (χ2n) is 5.66. The first-order chi connectivity index (χ1) is 14.1. The van der Waals surface area contributed by atoms with Crippen molar-refractivity contribution in [2.75, 3.05) is 0 Å². The summed E-state index contributed by atoms with van der Waals surface area (Å²) >= 11 is 0. The van der Waals surface area contributed by atoms with Crippen LogP contribution in [0.2, 0.25) is 0 Å². The minimum atomic E-state index is -4.46. The number of nitrogens with zero attached hydrogens (tertiary/aromatic N) is 6. The van der Waals surface area contributed by atoms with E-state index in [1.54, 1.807) is 36.4 Å². The second kappa shape index (κ2) is 13.0. The Bertz CT molecular complexity index is 999. The maximum Gasteiger partial charge on any atom is 2.00 e. The Hall–Kier alpha value is -2.05. The maximum absolute atomic E-state index is 12.2. The van der Waals surface area contributed by atoms with Crippen LogP contribution in [0.5, 0.6) is 0 Å². The Morgan fingerprint density at radius 3 is 1.21 bits per heavy atom. The largest absolute Gasteiger partial charge is 2.00 e. The Morgan fingerprint density at radius 1 is 0.606 bits per heavy atom. The molecule has 2 radical (unpaired) electrons. The Morgan fingerprint density at radius 2 is 0.970 bits per heavy atom. The molecule has 0 saturated carbocycles. The van der Waals surface area contributed by atoms with Crippen LogP contribution in [0.4, 0.5) is 26.3 Å². The van der Waals surface area contributed by atoms with Crippen molar-refractivity contribution < 1.29 is 79.7 Å². The molecule has 4 aromatic rings. The molecule has 0 amide bonds. The van der Waals surface area contributed by atoms with Gasteiger partial charge >= 0.3 is 32.1 Å². The molecule has 0 aliphatic carbocycles. The van der Waals surface area contributed by atoms with Gasteiger partial charge in [0.25, 0.3) is 0 Å². The van der Waals surface area contributed by atoms with Crippen molar-refractivity contribution in [3.8, 4) is 22.8 Å². The van der Waals surface area contributed by atoms with E-state index in [9.17, 15) is 26.3 Å². The van der Waals surface area contributed by atoms with Gasteiger partial charge in [0.15, 0.2) is 0 Å². The molecule has 33 heavy (non-hydrogen) atoms. The summed E-state index contributed by atoms with van der Waals surface area (Å²) in [5, 5.41) is 12.9. The van der Waals surface area contributed by atoms with E-state index in [1.165, 1.54) is 12.4 Å². The second-order valence-corrected chi connectivity index (χ2v) is 5.66. The fraction of sp³-hybridized carbons (Fsp3) is 0.111. The van der Waals surface area contributed by atoms with Crippen LogP contribution < -0.4 is 10.2 Å². The fourth-order valence-electron chi connectivity index (χ4n) is 2.15. The zero-order valence-corrected chi connectivity index (χ0v) is 20.4. The molecule has 4 rings (SSSR count). The minimum Gasteiger partial charge on any atom is -0.573 e. The van der Waals surface area contributed by atoms with Gasteiger partial charge in [0.05, 0.1) is 0 Å². The summed E-state index contributed by atoms with van der Waals surface area (Å²) in [6, 6.07) is 11.6. The molecule has 0 spiro atoms. The molecule has 4 aromatic heterocycles. The number of hydrogen-bond acceptors (Lipinski definition) is 4. The molecule has 0 aliphatic heterocycles. The van der Waals surface area contributed by atoms with E-state index in [1.807, 2.05) is 0 Å². The third-order valence-corrected chi connectivity index (χ3v) is 3.51. The van der Waals surface area contributed by atoms with E-state index in [-0.39, 0.29) is 64.7 Å². The Kier molecular flexibility index (Phi) is 12.2. The average molecular weight is 732 g/mol. The van der Waals surface area contributed by atoms with Gasteiger partial charge in [0.1, 0.15) is 11.4 Å². The number of pyridine rings is 2. The van der Waals surface area contributed by atoms with Gasteiger partial charge in [-0.1, -0.05) is 23.5 Å². The molecule has 6 nitrogen and oxygen atoms in total. The molecule has 0 bridgehead atoms. The fourth-order valence-corrected chi connectivity index (χ4v) is 2.15. The molecule has 0 N–H and O–H groups in total. The molecule has 15 heteroatoms. The van der Waals surface area contributed by atoms with E-state index >= 15 is 0 Å². The minimum absolute atomic E-state index is 0. The van der Waals surface area contributed by atoms with Crippen molar-refractivity contribution in [2.24, 2.45) is 0 Å². The first kappa shape index (κ1) is 30.9. The molecule has 0 atom stereocenters. The third kappa shape index (κ3) is 8.67. The van der Waals surface area contributed by atoms with Crippen molar-refractivity contribution in [2.45, 2.75) is 12.4 Å². The van der Waals surface area contributed by atoms with Crippen molar-refractivity contribution >= 4 is 0 Å². The molecule has 0 aromatic carbocycles. The molecule has 0 aliphatic rings. The predicted molar refractivity (Wildman–Crippen MR) is 91.6 cm³/mol. The van der Waals surface area contributed by atoms with Gasteiger partial charge in [-0.15, -0.1) is 0 Å². The summed E-state index contributed by atoms with van der Waals surface area (Å²) in [4.78, 5) is 7.75. The van der Waals surface area contributed by atoms with Crippen LogP contribution in [0.25, 0.3) is 22.8 Å². The summed E-state index contributed by atoms with van der Waals surface area (Å²) in [6.45, 7) is 0. The number of rotatable bonds is 2.